The van der Waals surface area contributed by atoms with E-state index in [1.807, 2.05) is 38.1 Å². The van der Waals surface area contributed by atoms with Crippen LogP contribution in [-0.4, -0.2) is 10.9 Å². The Morgan fingerprint density at radius 3 is 2.79 bits per heavy atom. The Morgan fingerprint density at radius 2 is 2.11 bits per heavy atom. The molecule has 0 radical (unpaired) electrons. The van der Waals surface area contributed by atoms with E-state index in [9.17, 15) is 4.79 Å². The molecule has 1 amide bonds. The van der Waals surface area contributed by atoms with Gasteiger partial charge in [0.25, 0.3) is 5.91 Å². The summed E-state index contributed by atoms with van der Waals surface area (Å²) in [6, 6.07) is 11.0. The molecule has 4 heteroatoms. The number of aryl methyl sites for hydroxylation is 1. The van der Waals surface area contributed by atoms with Crippen LogP contribution in [-0.2, 0) is 0 Å². The van der Waals surface area contributed by atoms with E-state index < -0.39 is 0 Å². The number of hydrogen-bond acceptors (Lipinski definition) is 3. The Balaban J connectivity index is 2.17. The zero-order valence-corrected chi connectivity index (χ0v) is 11.1. The molecule has 1 heterocycles. The summed E-state index contributed by atoms with van der Waals surface area (Å²) in [7, 11) is 0. The molecule has 1 aromatic heterocycles. The van der Waals surface area contributed by atoms with Crippen molar-refractivity contribution in [1.82, 2.24) is 4.98 Å². The Morgan fingerprint density at radius 1 is 1.32 bits per heavy atom. The van der Waals surface area contributed by atoms with Crippen LogP contribution in [0.15, 0.2) is 42.6 Å². The van der Waals surface area contributed by atoms with Crippen molar-refractivity contribution in [3.63, 3.8) is 0 Å². The molecule has 0 bridgehead atoms. The second-order valence-electron chi connectivity index (χ2n) is 4.59. The van der Waals surface area contributed by atoms with Crippen molar-refractivity contribution in [1.29, 1.82) is 0 Å². The number of anilines is 1. The maximum Gasteiger partial charge on any atom is 0.256 e. The molecule has 0 fully saturated rings. The van der Waals surface area contributed by atoms with Crippen LogP contribution in [0.2, 0.25) is 0 Å². The van der Waals surface area contributed by atoms with E-state index in [2.05, 4.69) is 10.3 Å². The number of hydrogen-bond donors (Lipinski definition) is 2. The highest BCUT2D eigenvalue weighted by atomic mass is 16.1. The molecule has 3 N–H and O–H groups in total. The molecular weight excluding hydrogens is 238 g/mol. The Kier molecular flexibility index (Phi) is 3.92. The van der Waals surface area contributed by atoms with E-state index in [4.69, 9.17) is 5.73 Å². The van der Waals surface area contributed by atoms with Gasteiger partial charge in [-0.25, -0.2) is 4.98 Å². The minimum Gasteiger partial charge on any atom is -0.324 e. The van der Waals surface area contributed by atoms with Crippen molar-refractivity contribution in [2.45, 2.75) is 19.9 Å². The summed E-state index contributed by atoms with van der Waals surface area (Å²) in [6.45, 7) is 3.84. The van der Waals surface area contributed by atoms with Crippen LogP contribution in [0.3, 0.4) is 0 Å². The van der Waals surface area contributed by atoms with Crippen molar-refractivity contribution in [3.8, 4) is 0 Å². The zero-order valence-electron chi connectivity index (χ0n) is 11.1. The van der Waals surface area contributed by atoms with Crippen LogP contribution < -0.4 is 11.1 Å². The Labute approximate surface area is 112 Å². The van der Waals surface area contributed by atoms with Gasteiger partial charge in [0.15, 0.2) is 0 Å². The number of carbonyl (C=O) groups excluding carboxylic acids is 1. The molecule has 19 heavy (non-hydrogen) atoms. The third-order valence-electron chi connectivity index (χ3n) is 2.83. The van der Waals surface area contributed by atoms with Crippen LogP contribution in [0.1, 0.15) is 34.5 Å². The highest BCUT2D eigenvalue weighted by Crippen LogP contribution is 2.14. The van der Waals surface area contributed by atoms with Crippen molar-refractivity contribution in [2.75, 3.05) is 5.32 Å². The standard InChI is InChI=1S/C15H17N3O/c1-10-4-3-5-13(8-10)15(19)18-14-9-12(11(2)16)6-7-17-14/h3-9,11H,16H2,1-2H3,(H,17,18,19)/t11-/m0/s1. The number of nitrogens with zero attached hydrogens (tertiary/aromatic N) is 1. The summed E-state index contributed by atoms with van der Waals surface area (Å²) >= 11 is 0. The number of benzene rings is 1. The number of nitrogens with two attached hydrogens (primary N) is 1. The molecule has 0 aliphatic rings. The molecule has 0 aliphatic heterocycles. The fourth-order valence-electron chi connectivity index (χ4n) is 1.77. The Hall–Kier alpha value is -2.20. The molecule has 2 rings (SSSR count). The number of amides is 1. The molecule has 0 saturated heterocycles. The number of aromatic nitrogens is 1. The first-order valence-corrected chi connectivity index (χ1v) is 6.16. The lowest BCUT2D eigenvalue weighted by Crippen LogP contribution is -2.14. The van der Waals surface area contributed by atoms with Crippen molar-refractivity contribution >= 4 is 11.7 Å². The van der Waals surface area contributed by atoms with Gasteiger partial charge in [0.2, 0.25) is 0 Å². The highest BCUT2D eigenvalue weighted by molar-refractivity contribution is 6.03. The van der Waals surface area contributed by atoms with E-state index in [0.717, 1.165) is 11.1 Å². The van der Waals surface area contributed by atoms with Crippen LogP contribution in [0.5, 0.6) is 0 Å². The largest absolute Gasteiger partial charge is 0.324 e. The van der Waals surface area contributed by atoms with E-state index in [1.165, 1.54) is 0 Å². The number of pyridine rings is 1. The molecule has 0 saturated carbocycles. The summed E-state index contributed by atoms with van der Waals surface area (Å²) < 4.78 is 0. The SMILES string of the molecule is Cc1cccc(C(=O)Nc2cc([C@H](C)N)ccn2)c1. The first-order chi connectivity index (χ1) is 9.06. The third kappa shape index (κ3) is 3.39. The van der Waals surface area contributed by atoms with Crippen molar-refractivity contribution in [2.24, 2.45) is 5.73 Å². The van der Waals surface area contributed by atoms with Crippen molar-refractivity contribution < 1.29 is 4.79 Å². The van der Waals surface area contributed by atoms with Gasteiger partial charge in [-0.15, -0.1) is 0 Å². The Bertz CT molecular complexity index is 593. The van der Waals surface area contributed by atoms with E-state index >= 15 is 0 Å². The van der Waals surface area contributed by atoms with Gasteiger partial charge in [-0.05, 0) is 43.7 Å². The lowest BCUT2D eigenvalue weighted by Gasteiger charge is -2.09. The zero-order chi connectivity index (χ0) is 13.8. The van der Waals surface area contributed by atoms with E-state index in [0.29, 0.717) is 11.4 Å². The summed E-state index contributed by atoms with van der Waals surface area (Å²) in [5, 5.41) is 2.78. The molecule has 1 atom stereocenters. The van der Waals surface area contributed by atoms with E-state index in [-0.39, 0.29) is 11.9 Å². The van der Waals surface area contributed by atoms with Gasteiger partial charge in [0, 0.05) is 17.8 Å². The summed E-state index contributed by atoms with van der Waals surface area (Å²) in [6.07, 6.45) is 1.64. The van der Waals surface area contributed by atoms with Gasteiger partial charge in [-0.2, -0.15) is 0 Å². The normalized spacial score (nSPS) is 11.9. The van der Waals surface area contributed by atoms with Gasteiger partial charge in [0.1, 0.15) is 5.82 Å². The van der Waals surface area contributed by atoms with Crippen LogP contribution >= 0.6 is 0 Å². The average Bonchev–Trinajstić information content (AvgIpc) is 2.39. The number of carbonyl (C=O) groups is 1. The number of rotatable bonds is 3. The van der Waals surface area contributed by atoms with Gasteiger partial charge in [0.05, 0.1) is 0 Å². The van der Waals surface area contributed by atoms with Gasteiger partial charge < -0.3 is 11.1 Å². The summed E-state index contributed by atoms with van der Waals surface area (Å²) in [5.74, 6) is 0.347. The van der Waals surface area contributed by atoms with Gasteiger partial charge in [-0.3, -0.25) is 4.79 Å². The van der Waals surface area contributed by atoms with Crippen LogP contribution in [0, 0.1) is 6.92 Å². The van der Waals surface area contributed by atoms with Crippen molar-refractivity contribution in [3.05, 3.63) is 59.3 Å². The van der Waals surface area contributed by atoms with E-state index in [1.54, 1.807) is 18.3 Å². The molecule has 2 aromatic rings. The highest BCUT2D eigenvalue weighted by Gasteiger charge is 2.08. The van der Waals surface area contributed by atoms with Gasteiger partial charge in [-0.1, -0.05) is 17.7 Å². The molecule has 0 unspecified atom stereocenters. The topological polar surface area (TPSA) is 68.0 Å². The predicted molar refractivity (Wildman–Crippen MR) is 76.0 cm³/mol. The smallest absolute Gasteiger partial charge is 0.256 e. The maximum absolute atomic E-state index is 12.1. The summed E-state index contributed by atoms with van der Waals surface area (Å²) in [4.78, 5) is 16.2. The van der Waals surface area contributed by atoms with Crippen LogP contribution in [0.25, 0.3) is 0 Å². The summed E-state index contributed by atoms with van der Waals surface area (Å²) in [5.41, 5.74) is 8.41. The average molecular weight is 255 g/mol. The van der Waals surface area contributed by atoms with Gasteiger partial charge >= 0.3 is 0 Å². The molecule has 4 nitrogen and oxygen atoms in total. The first kappa shape index (κ1) is 13.2. The lowest BCUT2D eigenvalue weighted by atomic mass is 10.1. The fraction of sp³-hybridized carbons (Fsp3) is 0.200. The quantitative estimate of drug-likeness (QED) is 0.886. The molecular formula is C15H17N3O. The molecule has 0 aliphatic carbocycles. The lowest BCUT2D eigenvalue weighted by molar-refractivity contribution is 0.102. The maximum atomic E-state index is 12.1. The predicted octanol–water partition coefficient (Wildman–Crippen LogP) is 2.66. The second-order valence-corrected chi connectivity index (χ2v) is 4.59. The van der Waals surface area contributed by atoms with Crippen LogP contribution in [0.4, 0.5) is 5.82 Å². The first-order valence-electron chi connectivity index (χ1n) is 6.16. The molecule has 1 aromatic carbocycles. The monoisotopic (exact) mass is 255 g/mol. The fourth-order valence-corrected chi connectivity index (χ4v) is 1.77. The minimum absolute atomic E-state index is 0.0855. The minimum atomic E-state index is -0.168. The number of nitrogens with one attached hydrogen (secondary N) is 1. The second kappa shape index (κ2) is 5.63. The molecule has 0 spiro atoms. The third-order valence-corrected chi connectivity index (χ3v) is 2.83. The molecule has 98 valence electrons.